The Morgan fingerprint density at radius 2 is 1.97 bits per heavy atom. The first-order valence-corrected chi connectivity index (χ1v) is 10.7. The number of pyridine rings is 1. The van der Waals surface area contributed by atoms with Gasteiger partial charge in [-0.05, 0) is 57.1 Å². The van der Waals surface area contributed by atoms with Crippen LogP contribution in [0, 0.1) is 6.92 Å². The second kappa shape index (κ2) is 8.67. The van der Waals surface area contributed by atoms with E-state index in [4.69, 9.17) is 4.74 Å². The number of hydrogen-bond donors (Lipinski definition) is 2. The summed E-state index contributed by atoms with van der Waals surface area (Å²) >= 11 is 0. The Morgan fingerprint density at radius 3 is 2.63 bits per heavy atom. The van der Waals surface area contributed by atoms with Gasteiger partial charge in [0.05, 0.1) is 31.6 Å². The third kappa shape index (κ3) is 4.30. The van der Waals surface area contributed by atoms with Crippen LogP contribution in [0.1, 0.15) is 44.1 Å². The summed E-state index contributed by atoms with van der Waals surface area (Å²) in [5.74, 6) is 0.826. The molecule has 0 aromatic carbocycles. The molecule has 164 valence electrons. The molecule has 2 amide bonds. The van der Waals surface area contributed by atoms with Crippen LogP contribution in [0.15, 0.2) is 12.3 Å². The number of hydrogen-bond acceptors (Lipinski definition) is 7. The highest BCUT2D eigenvalue weighted by molar-refractivity contribution is 5.84. The average Bonchev–Trinajstić information content (AvgIpc) is 2.99. The molecule has 30 heavy (non-hydrogen) atoms. The van der Waals surface area contributed by atoms with Crippen LogP contribution in [0.2, 0.25) is 0 Å². The summed E-state index contributed by atoms with van der Waals surface area (Å²) in [4.78, 5) is 32.7. The van der Waals surface area contributed by atoms with E-state index in [1.54, 1.807) is 6.20 Å². The van der Waals surface area contributed by atoms with Gasteiger partial charge in [-0.25, -0.2) is 14.6 Å². The number of aromatic nitrogens is 1. The molecule has 0 aliphatic carbocycles. The van der Waals surface area contributed by atoms with Crippen molar-refractivity contribution in [3.8, 4) is 0 Å². The first-order chi connectivity index (χ1) is 14.4. The number of nitrogens with one attached hydrogen (secondary N) is 1. The molecule has 0 spiro atoms. The Balaban J connectivity index is 1.38. The van der Waals surface area contributed by atoms with E-state index in [0.29, 0.717) is 25.1 Å². The quantitative estimate of drug-likeness (QED) is 0.778. The molecule has 4 rings (SSSR count). The van der Waals surface area contributed by atoms with Crippen molar-refractivity contribution >= 4 is 23.7 Å². The van der Waals surface area contributed by atoms with Crippen molar-refractivity contribution in [3.05, 3.63) is 17.8 Å². The maximum absolute atomic E-state index is 12.9. The summed E-state index contributed by atoms with van der Waals surface area (Å²) < 4.78 is 10.5. The summed E-state index contributed by atoms with van der Waals surface area (Å²) in [6.07, 6.45) is 5.26. The van der Waals surface area contributed by atoms with Crippen molar-refractivity contribution in [3.63, 3.8) is 0 Å². The zero-order chi connectivity index (χ0) is 21.3. The number of ether oxygens (including phenoxy) is 2. The van der Waals surface area contributed by atoms with E-state index in [9.17, 15) is 14.7 Å². The van der Waals surface area contributed by atoms with Gasteiger partial charge in [-0.3, -0.25) is 5.32 Å². The van der Waals surface area contributed by atoms with Crippen LogP contribution in [-0.4, -0.2) is 71.7 Å². The van der Waals surface area contributed by atoms with E-state index in [1.165, 1.54) is 7.11 Å². The van der Waals surface area contributed by atoms with Gasteiger partial charge < -0.3 is 24.4 Å². The minimum Gasteiger partial charge on any atom is -0.453 e. The summed E-state index contributed by atoms with van der Waals surface area (Å²) in [6.45, 7) is 3.37. The largest absolute Gasteiger partial charge is 0.453 e. The molecule has 2 N–H and O–H groups in total. The predicted octanol–water partition coefficient (Wildman–Crippen LogP) is 2.66. The molecule has 3 atom stereocenters. The van der Waals surface area contributed by atoms with Crippen molar-refractivity contribution in [2.75, 3.05) is 30.4 Å². The van der Waals surface area contributed by atoms with Crippen molar-refractivity contribution in [2.45, 2.75) is 69.7 Å². The van der Waals surface area contributed by atoms with Crippen LogP contribution in [0.25, 0.3) is 0 Å². The van der Waals surface area contributed by atoms with Crippen molar-refractivity contribution in [1.29, 1.82) is 0 Å². The lowest BCUT2D eigenvalue weighted by Crippen LogP contribution is -2.50. The summed E-state index contributed by atoms with van der Waals surface area (Å²) in [6, 6.07) is 2.06. The Hall–Kier alpha value is -2.55. The molecule has 9 nitrogen and oxygen atoms in total. The lowest BCUT2D eigenvalue weighted by Gasteiger charge is -2.39. The Kier molecular flexibility index (Phi) is 5.99. The number of aryl methyl sites for hydroxylation is 1. The van der Waals surface area contributed by atoms with Gasteiger partial charge in [0.1, 0.15) is 11.9 Å². The van der Waals surface area contributed by atoms with Crippen LogP contribution >= 0.6 is 0 Å². The highest BCUT2D eigenvalue weighted by atomic mass is 16.6. The first kappa shape index (κ1) is 20.7. The fraction of sp³-hybridized carbons (Fsp3) is 0.667. The Labute approximate surface area is 176 Å². The number of amides is 2. The predicted molar refractivity (Wildman–Crippen MR) is 111 cm³/mol. The van der Waals surface area contributed by atoms with Gasteiger partial charge in [0, 0.05) is 18.6 Å². The molecule has 3 fully saturated rings. The van der Waals surface area contributed by atoms with E-state index in [2.05, 4.69) is 19.9 Å². The van der Waals surface area contributed by atoms with Gasteiger partial charge in [0.25, 0.3) is 0 Å². The van der Waals surface area contributed by atoms with Crippen LogP contribution in [0.5, 0.6) is 0 Å². The van der Waals surface area contributed by atoms with E-state index >= 15 is 0 Å². The zero-order valence-electron chi connectivity index (χ0n) is 17.5. The van der Waals surface area contributed by atoms with E-state index in [0.717, 1.165) is 43.6 Å². The van der Waals surface area contributed by atoms with Crippen LogP contribution < -0.4 is 10.2 Å². The molecule has 9 heteroatoms. The molecule has 1 aromatic heterocycles. The minimum atomic E-state index is -0.534. The smallest absolute Gasteiger partial charge is 0.411 e. The molecule has 2 bridgehead atoms. The second-order valence-electron chi connectivity index (χ2n) is 8.49. The molecule has 0 saturated carbocycles. The first-order valence-electron chi connectivity index (χ1n) is 10.7. The van der Waals surface area contributed by atoms with Gasteiger partial charge in [0.15, 0.2) is 0 Å². The number of fused-ring (bicyclic) bond motifs is 2. The van der Waals surface area contributed by atoms with Crippen LogP contribution in [0.4, 0.5) is 21.1 Å². The Bertz CT molecular complexity index is 790. The molecular formula is C21H30N4O5. The molecule has 4 heterocycles. The number of aliphatic hydroxyl groups is 1. The number of methoxy groups -OCH3 is 1. The highest BCUT2D eigenvalue weighted by Crippen LogP contribution is 2.36. The lowest BCUT2D eigenvalue weighted by atomic mass is 10.0. The monoisotopic (exact) mass is 418 g/mol. The fourth-order valence-electron chi connectivity index (χ4n) is 5.01. The van der Waals surface area contributed by atoms with E-state index < -0.39 is 6.09 Å². The fourth-order valence-corrected chi connectivity index (χ4v) is 5.01. The lowest BCUT2D eigenvalue weighted by molar-refractivity contribution is 0.00638. The van der Waals surface area contributed by atoms with Gasteiger partial charge in [-0.15, -0.1) is 0 Å². The zero-order valence-corrected chi connectivity index (χ0v) is 17.5. The number of anilines is 2. The molecule has 0 radical (unpaired) electrons. The molecule has 3 aliphatic rings. The third-order valence-electron chi connectivity index (χ3n) is 6.35. The van der Waals surface area contributed by atoms with E-state index in [1.807, 2.05) is 17.9 Å². The molecule has 3 aliphatic heterocycles. The topological polar surface area (TPSA) is 104 Å². The number of aliphatic hydroxyl groups excluding tert-OH is 1. The molecular weight excluding hydrogens is 388 g/mol. The SMILES string of the molecule is COC(=O)Nc1cnc(N2CCCC(OC(=O)N3C4CCC3CC(O)C4)C2)c(C)c1. The summed E-state index contributed by atoms with van der Waals surface area (Å²) in [5.41, 5.74) is 1.50. The van der Waals surface area contributed by atoms with Gasteiger partial charge in [0.2, 0.25) is 0 Å². The van der Waals surface area contributed by atoms with Gasteiger partial charge in [-0.1, -0.05) is 0 Å². The maximum atomic E-state index is 12.9. The normalized spacial score (nSPS) is 28.2. The molecule has 1 aromatic rings. The van der Waals surface area contributed by atoms with E-state index in [-0.39, 0.29) is 30.4 Å². The third-order valence-corrected chi connectivity index (χ3v) is 6.35. The molecule has 3 saturated heterocycles. The van der Waals surface area contributed by atoms with Crippen LogP contribution in [-0.2, 0) is 9.47 Å². The van der Waals surface area contributed by atoms with Crippen LogP contribution in [0.3, 0.4) is 0 Å². The second-order valence-corrected chi connectivity index (χ2v) is 8.49. The number of carbonyl (C=O) groups is 2. The number of piperidine rings is 2. The number of rotatable bonds is 3. The number of nitrogens with zero attached hydrogens (tertiary/aromatic N) is 3. The minimum absolute atomic E-state index is 0.102. The van der Waals surface area contributed by atoms with Gasteiger partial charge >= 0.3 is 12.2 Å². The standard InChI is InChI=1S/C21H30N4O5/c1-13-8-14(23-20(27)29-2)11-22-19(13)24-7-3-4-18(12-24)30-21(28)25-15-5-6-16(25)10-17(26)9-15/h8,11,15-18,26H,3-7,9-10,12H2,1-2H3,(H,23,27). The Morgan fingerprint density at radius 1 is 1.23 bits per heavy atom. The van der Waals surface area contributed by atoms with Crippen molar-refractivity contribution in [2.24, 2.45) is 0 Å². The van der Waals surface area contributed by atoms with Crippen molar-refractivity contribution < 1.29 is 24.2 Å². The highest BCUT2D eigenvalue weighted by Gasteiger charge is 2.44. The summed E-state index contributed by atoms with van der Waals surface area (Å²) in [7, 11) is 1.32. The van der Waals surface area contributed by atoms with Gasteiger partial charge in [-0.2, -0.15) is 0 Å². The maximum Gasteiger partial charge on any atom is 0.411 e. The average molecular weight is 418 g/mol. The van der Waals surface area contributed by atoms with Crippen molar-refractivity contribution in [1.82, 2.24) is 9.88 Å². The number of carbonyl (C=O) groups excluding carboxylic acids is 2. The molecule has 3 unspecified atom stereocenters. The summed E-state index contributed by atoms with van der Waals surface area (Å²) in [5, 5.41) is 12.6.